The highest BCUT2D eigenvalue weighted by Crippen LogP contribution is 2.50. The van der Waals surface area contributed by atoms with Crippen molar-refractivity contribution in [2.75, 3.05) is 13.2 Å². The van der Waals surface area contributed by atoms with Gasteiger partial charge in [-0.05, 0) is 12.8 Å². The van der Waals surface area contributed by atoms with E-state index in [1.807, 2.05) is 0 Å². The zero-order valence-electron chi connectivity index (χ0n) is 7.29. The Morgan fingerprint density at radius 3 is 2.25 bits per heavy atom. The van der Waals surface area contributed by atoms with E-state index in [2.05, 4.69) is 6.92 Å². The number of rotatable bonds is 1. The predicted octanol–water partition coefficient (Wildman–Crippen LogP) is 0.927. The summed E-state index contributed by atoms with van der Waals surface area (Å²) in [7, 11) is 0. The van der Waals surface area contributed by atoms with Crippen molar-refractivity contribution in [1.82, 2.24) is 0 Å². The molecule has 12 heavy (non-hydrogen) atoms. The maximum atomic E-state index is 5.54. The lowest BCUT2D eigenvalue weighted by Gasteiger charge is -2.42. The first-order valence-electron chi connectivity index (χ1n) is 4.72. The van der Waals surface area contributed by atoms with Gasteiger partial charge in [-0.15, -0.1) is 0 Å². The number of ether oxygens (including phenoxy) is 3. The first kappa shape index (κ1) is 7.30. The van der Waals surface area contributed by atoms with Gasteiger partial charge < -0.3 is 14.2 Å². The van der Waals surface area contributed by atoms with Crippen LogP contribution in [0.4, 0.5) is 0 Å². The minimum Gasteiger partial charge on any atom is -0.370 e. The molecule has 3 rings (SSSR count). The molecule has 2 atom stereocenters. The Morgan fingerprint density at radius 1 is 1.17 bits per heavy atom. The molecule has 3 fully saturated rings. The van der Waals surface area contributed by atoms with Gasteiger partial charge >= 0.3 is 0 Å². The van der Waals surface area contributed by atoms with E-state index in [4.69, 9.17) is 14.2 Å². The van der Waals surface area contributed by atoms with Crippen LogP contribution in [0.1, 0.15) is 19.8 Å². The van der Waals surface area contributed by atoms with E-state index in [1.54, 1.807) is 0 Å². The van der Waals surface area contributed by atoms with Gasteiger partial charge in [0.15, 0.2) is 5.79 Å². The van der Waals surface area contributed by atoms with E-state index in [-0.39, 0.29) is 5.79 Å². The molecular formula is C9H14O3. The molecule has 68 valence electrons. The van der Waals surface area contributed by atoms with Crippen LogP contribution in [0, 0.1) is 5.92 Å². The monoisotopic (exact) mass is 170 g/mol. The Bertz CT molecular complexity index is 190. The first-order valence-corrected chi connectivity index (χ1v) is 4.72. The van der Waals surface area contributed by atoms with Gasteiger partial charge in [-0.1, -0.05) is 0 Å². The van der Waals surface area contributed by atoms with Gasteiger partial charge in [-0.3, -0.25) is 0 Å². The predicted molar refractivity (Wildman–Crippen MR) is 41.7 cm³/mol. The lowest BCUT2D eigenvalue weighted by atomic mass is 9.76. The Labute approximate surface area is 72.0 Å². The first-order chi connectivity index (χ1) is 5.79. The molecular weight excluding hydrogens is 156 g/mol. The van der Waals surface area contributed by atoms with Crippen LogP contribution in [-0.2, 0) is 14.2 Å². The second-order valence-corrected chi connectivity index (χ2v) is 4.08. The molecule has 1 spiro atoms. The van der Waals surface area contributed by atoms with Crippen molar-refractivity contribution < 1.29 is 14.2 Å². The highest BCUT2D eigenvalue weighted by molar-refractivity contribution is 5.00. The molecule has 0 bridgehead atoms. The quantitative estimate of drug-likeness (QED) is 0.548. The van der Waals surface area contributed by atoms with Crippen molar-refractivity contribution in [1.29, 1.82) is 0 Å². The van der Waals surface area contributed by atoms with Crippen molar-refractivity contribution in [3.8, 4) is 0 Å². The average molecular weight is 170 g/mol. The Balaban J connectivity index is 1.57. The second-order valence-electron chi connectivity index (χ2n) is 4.08. The maximum Gasteiger partial charge on any atom is 0.169 e. The topological polar surface area (TPSA) is 31.0 Å². The maximum absolute atomic E-state index is 5.54. The van der Waals surface area contributed by atoms with Crippen LogP contribution < -0.4 is 0 Å². The fourth-order valence-corrected chi connectivity index (χ4v) is 2.40. The number of epoxide rings is 1. The van der Waals surface area contributed by atoms with Gasteiger partial charge in [0.2, 0.25) is 0 Å². The molecule has 2 unspecified atom stereocenters. The van der Waals surface area contributed by atoms with E-state index >= 15 is 0 Å². The normalized spacial score (nSPS) is 44.8. The second kappa shape index (κ2) is 2.22. The fraction of sp³-hybridized carbons (Fsp3) is 1.00. The van der Waals surface area contributed by atoms with Crippen molar-refractivity contribution in [3.05, 3.63) is 0 Å². The molecule has 3 nitrogen and oxygen atoms in total. The fourth-order valence-electron chi connectivity index (χ4n) is 2.40. The zero-order chi connectivity index (χ0) is 8.18. The van der Waals surface area contributed by atoms with Gasteiger partial charge in [0, 0.05) is 12.8 Å². The van der Waals surface area contributed by atoms with Crippen LogP contribution in [-0.4, -0.2) is 31.2 Å². The van der Waals surface area contributed by atoms with Gasteiger partial charge in [-0.25, -0.2) is 0 Å². The summed E-state index contributed by atoms with van der Waals surface area (Å²) in [5.41, 5.74) is 0. The van der Waals surface area contributed by atoms with Crippen molar-refractivity contribution in [2.45, 2.75) is 37.8 Å². The van der Waals surface area contributed by atoms with Crippen LogP contribution in [0.2, 0.25) is 0 Å². The van der Waals surface area contributed by atoms with Crippen molar-refractivity contribution in [2.24, 2.45) is 5.92 Å². The molecule has 0 aromatic heterocycles. The molecule has 1 saturated carbocycles. The van der Waals surface area contributed by atoms with E-state index < -0.39 is 0 Å². The summed E-state index contributed by atoms with van der Waals surface area (Å²) in [6.45, 7) is 3.67. The molecule has 0 N–H and O–H groups in total. The van der Waals surface area contributed by atoms with Crippen molar-refractivity contribution >= 4 is 0 Å². The third kappa shape index (κ3) is 0.934. The average Bonchev–Trinajstić information content (AvgIpc) is 2.53. The molecule has 3 aliphatic rings. The van der Waals surface area contributed by atoms with Crippen LogP contribution in [0.5, 0.6) is 0 Å². The summed E-state index contributed by atoms with van der Waals surface area (Å²) in [6.07, 6.45) is 3.07. The standard InChI is InChI=1S/C9H14O3/c1-6-8(12-6)7-4-9(5-7)10-2-3-11-9/h6-8H,2-5H2,1H3. The molecule has 0 aromatic carbocycles. The van der Waals surface area contributed by atoms with E-state index in [0.29, 0.717) is 18.1 Å². The Morgan fingerprint density at radius 2 is 1.75 bits per heavy atom. The minimum atomic E-state index is -0.184. The highest BCUT2D eigenvalue weighted by atomic mass is 16.7. The highest BCUT2D eigenvalue weighted by Gasteiger charge is 2.56. The van der Waals surface area contributed by atoms with Crippen LogP contribution in [0.15, 0.2) is 0 Å². The largest absolute Gasteiger partial charge is 0.370 e. The summed E-state index contributed by atoms with van der Waals surface area (Å²) in [4.78, 5) is 0. The number of hydrogen-bond acceptors (Lipinski definition) is 3. The Hall–Kier alpha value is -0.120. The van der Waals surface area contributed by atoms with E-state index in [9.17, 15) is 0 Å². The minimum absolute atomic E-state index is 0.184. The summed E-state index contributed by atoms with van der Waals surface area (Å²) < 4.78 is 16.5. The van der Waals surface area contributed by atoms with Crippen LogP contribution in [0.25, 0.3) is 0 Å². The SMILES string of the molecule is CC1OC1C1CC2(C1)OCCO2. The molecule has 0 aromatic rings. The molecule has 2 aliphatic heterocycles. The zero-order valence-corrected chi connectivity index (χ0v) is 7.29. The molecule has 0 amide bonds. The summed E-state index contributed by atoms with van der Waals surface area (Å²) in [5, 5.41) is 0. The van der Waals surface area contributed by atoms with E-state index in [0.717, 1.165) is 26.1 Å². The van der Waals surface area contributed by atoms with Gasteiger partial charge in [-0.2, -0.15) is 0 Å². The molecule has 2 heterocycles. The smallest absolute Gasteiger partial charge is 0.169 e. The van der Waals surface area contributed by atoms with Gasteiger partial charge in [0.05, 0.1) is 25.4 Å². The lowest BCUT2D eigenvalue weighted by molar-refractivity contribution is -0.232. The Kier molecular flexibility index (Phi) is 1.35. The molecule has 0 radical (unpaired) electrons. The third-order valence-electron chi connectivity index (χ3n) is 3.18. The third-order valence-corrected chi connectivity index (χ3v) is 3.18. The van der Waals surface area contributed by atoms with Gasteiger partial charge in [0.1, 0.15) is 0 Å². The number of hydrogen-bond donors (Lipinski definition) is 0. The van der Waals surface area contributed by atoms with Crippen molar-refractivity contribution in [3.63, 3.8) is 0 Å². The summed E-state index contributed by atoms with van der Waals surface area (Å²) in [5.74, 6) is 0.508. The van der Waals surface area contributed by atoms with Gasteiger partial charge in [0.25, 0.3) is 0 Å². The summed E-state index contributed by atoms with van der Waals surface area (Å²) in [6, 6.07) is 0. The molecule has 2 saturated heterocycles. The molecule has 3 heteroatoms. The van der Waals surface area contributed by atoms with Crippen LogP contribution in [0.3, 0.4) is 0 Å². The lowest BCUT2D eigenvalue weighted by Crippen LogP contribution is -2.47. The van der Waals surface area contributed by atoms with Crippen LogP contribution >= 0.6 is 0 Å². The summed E-state index contributed by atoms with van der Waals surface area (Å²) >= 11 is 0. The van der Waals surface area contributed by atoms with E-state index in [1.165, 1.54) is 0 Å². The molecule has 1 aliphatic carbocycles.